The third-order valence-corrected chi connectivity index (χ3v) is 3.44. The van der Waals surface area contributed by atoms with Gasteiger partial charge in [0.25, 0.3) is 0 Å². The van der Waals surface area contributed by atoms with E-state index < -0.39 is 0 Å². The first-order chi connectivity index (χ1) is 9.65. The zero-order chi connectivity index (χ0) is 15.0. The van der Waals surface area contributed by atoms with Crippen LogP contribution in [0.2, 0.25) is 0 Å². The van der Waals surface area contributed by atoms with Crippen molar-refractivity contribution in [2.45, 2.75) is 39.5 Å². The molecule has 1 atom stereocenters. The second-order valence-corrected chi connectivity index (χ2v) is 4.80. The molecular weight excluding hydrogens is 254 g/mol. The molecule has 0 aliphatic heterocycles. The van der Waals surface area contributed by atoms with Gasteiger partial charge in [0.05, 0.1) is 19.9 Å². The Balaban J connectivity index is 2.78. The minimum Gasteiger partial charge on any atom is -0.497 e. The Labute approximate surface area is 121 Å². The quantitative estimate of drug-likeness (QED) is 0.786. The molecule has 0 saturated heterocycles. The van der Waals surface area contributed by atoms with E-state index in [4.69, 9.17) is 9.47 Å². The number of amides is 1. The van der Waals surface area contributed by atoms with Gasteiger partial charge < -0.3 is 14.8 Å². The third kappa shape index (κ3) is 4.44. The molecule has 0 saturated carbocycles. The maximum Gasteiger partial charge on any atom is 0.227 e. The number of carbonyl (C=O) groups excluding carboxylic acids is 1. The summed E-state index contributed by atoms with van der Waals surface area (Å²) < 4.78 is 10.4. The maximum absolute atomic E-state index is 12.3. The molecule has 0 spiro atoms. The largest absolute Gasteiger partial charge is 0.497 e. The van der Waals surface area contributed by atoms with Gasteiger partial charge in [-0.2, -0.15) is 0 Å². The monoisotopic (exact) mass is 279 g/mol. The Morgan fingerprint density at radius 1 is 1.25 bits per heavy atom. The topological polar surface area (TPSA) is 47.6 Å². The van der Waals surface area contributed by atoms with E-state index in [1.807, 2.05) is 19.1 Å². The van der Waals surface area contributed by atoms with Crippen LogP contribution in [0, 0.1) is 5.92 Å². The Hall–Kier alpha value is -1.71. The van der Waals surface area contributed by atoms with E-state index in [1.165, 1.54) is 0 Å². The number of unbranched alkanes of at least 4 members (excludes halogenated alkanes) is 1. The van der Waals surface area contributed by atoms with Crippen molar-refractivity contribution in [2.24, 2.45) is 5.92 Å². The Morgan fingerprint density at radius 3 is 2.55 bits per heavy atom. The average Bonchev–Trinajstić information content (AvgIpc) is 2.48. The highest BCUT2D eigenvalue weighted by atomic mass is 16.5. The molecule has 112 valence electrons. The van der Waals surface area contributed by atoms with Crippen molar-refractivity contribution in [1.82, 2.24) is 0 Å². The van der Waals surface area contributed by atoms with Crippen molar-refractivity contribution in [3.63, 3.8) is 0 Å². The first-order valence-electron chi connectivity index (χ1n) is 7.19. The molecule has 0 aliphatic rings. The standard InChI is InChI=1S/C16H25NO3/c1-5-7-8-12(6-2)16(18)17-14-10-9-13(19-3)11-15(14)20-4/h9-12H,5-8H2,1-4H3,(H,17,18)/t12-/m0/s1. The van der Waals surface area contributed by atoms with Crippen LogP contribution < -0.4 is 14.8 Å². The molecule has 0 fully saturated rings. The number of nitrogens with one attached hydrogen (secondary N) is 1. The predicted molar refractivity (Wildman–Crippen MR) is 81.5 cm³/mol. The molecule has 1 aromatic rings. The van der Waals surface area contributed by atoms with Gasteiger partial charge in [-0.25, -0.2) is 0 Å². The smallest absolute Gasteiger partial charge is 0.227 e. The fourth-order valence-electron chi connectivity index (χ4n) is 2.11. The lowest BCUT2D eigenvalue weighted by molar-refractivity contribution is -0.120. The van der Waals surface area contributed by atoms with Crippen molar-refractivity contribution in [3.8, 4) is 11.5 Å². The normalized spacial score (nSPS) is 11.8. The van der Waals surface area contributed by atoms with E-state index in [2.05, 4.69) is 12.2 Å². The van der Waals surface area contributed by atoms with Gasteiger partial charge >= 0.3 is 0 Å². The summed E-state index contributed by atoms with van der Waals surface area (Å²) >= 11 is 0. The molecule has 0 heterocycles. The molecular formula is C16H25NO3. The molecule has 0 radical (unpaired) electrons. The summed E-state index contributed by atoms with van der Waals surface area (Å²) in [6.07, 6.45) is 3.96. The van der Waals surface area contributed by atoms with Crippen LogP contribution in [0.25, 0.3) is 0 Å². The summed E-state index contributed by atoms with van der Waals surface area (Å²) in [6, 6.07) is 5.38. The van der Waals surface area contributed by atoms with Gasteiger partial charge in [0.1, 0.15) is 11.5 Å². The molecule has 1 rings (SSSR count). The van der Waals surface area contributed by atoms with Crippen LogP contribution in [0.3, 0.4) is 0 Å². The van der Waals surface area contributed by atoms with E-state index in [9.17, 15) is 4.79 Å². The molecule has 1 amide bonds. The summed E-state index contributed by atoms with van der Waals surface area (Å²) in [5, 5.41) is 2.95. The van der Waals surface area contributed by atoms with Gasteiger partial charge in [-0.05, 0) is 25.0 Å². The fourth-order valence-corrected chi connectivity index (χ4v) is 2.11. The Bertz CT molecular complexity index is 432. The van der Waals surface area contributed by atoms with E-state index in [0.717, 1.165) is 25.7 Å². The number of carbonyl (C=O) groups is 1. The lowest BCUT2D eigenvalue weighted by Gasteiger charge is -2.16. The van der Waals surface area contributed by atoms with Crippen molar-refractivity contribution < 1.29 is 14.3 Å². The van der Waals surface area contributed by atoms with Crippen LogP contribution in [0.1, 0.15) is 39.5 Å². The number of hydrogen-bond acceptors (Lipinski definition) is 3. The minimum atomic E-state index is 0.0572. The fraction of sp³-hybridized carbons (Fsp3) is 0.562. The lowest BCUT2D eigenvalue weighted by Crippen LogP contribution is -2.22. The van der Waals surface area contributed by atoms with E-state index in [1.54, 1.807) is 20.3 Å². The van der Waals surface area contributed by atoms with Crippen molar-refractivity contribution in [3.05, 3.63) is 18.2 Å². The average molecular weight is 279 g/mol. The van der Waals surface area contributed by atoms with Crippen LogP contribution in [0.5, 0.6) is 11.5 Å². The number of ether oxygens (including phenoxy) is 2. The number of hydrogen-bond donors (Lipinski definition) is 1. The van der Waals surface area contributed by atoms with Gasteiger partial charge in [0, 0.05) is 12.0 Å². The highest BCUT2D eigenvalue weighted by molar-refractivity contribution is 5.94. The molecule has 1 aromatic carbocycles. The van der Waals surface area contributed by atoms with Crippen molar-refractivity contribution >= 4 is 11.6 Å². The highest BCUT2D eigenvalue weighted by Gasteiger charge is 2.17. The number of rotatable bonds is 8. The van der Waals surface area contributed by atoms with E-state index >= 15 is 0 Å². The zero-order valence-corrected chi connectivity index (χ0v) is 12.9. The van der Waals surface area contributed by atoms with Crippen molar-refractivity contribution in [1.29, 1.82) is 0 Å². The molecule has 1 N–H and O–H groups in total. The highest BCUT2D eigenvalue weighted by Crippen LogP contribution is 2.29. The zero-order valence-electron chi connectivity index (χ0n) is 12.9. The van der Waals surface area contributed by atoms with Gasteiger partial charge in [-0.3, -0.25) is 4.79 Å². The first-order valence-corrected chi connectivity index (χ1v) is 7.19. The Kier molecular flexibility index (Phi) is 6.91. The minimum absolute atomic E-state index is 0.0572. The van der Waals surface area contributed by atoms with E-state index in [-0.39, 0.29) is 11.8 Å². The van der Waals surface area contributed by atoms with Gasteiger partial charge in [0.15, 0.2) is 0 Å². The summed E-state index contributed by atoms with van der Waals surface area (Å²) in [5.41, 5.74) is 0.688. The summed E-state index contributed by atoms with van der Waals surface area (Å²) in [6.45, 7) is 4.18. The summed E-state index contributed by atoms with van der Waals surface area (Å²) in [7, 11) is 3.18. The van der Waals surface area contributed by atoms with Gasteiger partial charge in [-0.1, -0.05) is 26.7 Å². The SMILES string of the molecule is CCCC[C@H](CC)C(=O)Nc1ccc(OC)cc1OC. The van der Waals surface area contributed by atoms with Gasteiger partial charge in [-0.15, -0.1) is 0 Å². The van der Waals surface area contributed by atoms with Crippen LogP contribution in [-0.4, -0.2) is 20.1 Å². The molecule has 0 bridgehead atoms. The molecule has 4 nitrogen and oxygen atoms in total. The second-order valence-electron chi connectivity index (χ2n) is 4.80. The lowest BCUT2D eigenvalue weighted by atomic mass is 9.98. The van der Waals surface area contributed by atoms with Crippen LogP contribution in [0.15, 0.2) is 18.2 Å². The van der Waals surface area contributed by atoms with Crippen LogP contribution in [0.4, 0.5) is 5.69 Å². The Morgan fingerprint density at radius 2 is 2.00 bits per heavy atom. The van der Waals surface area contributed by atoms with Crippen LogP contribution in [-0.2, 0) is 4.79 Å². The van der Waals surface area contributed by atoms with Gasteiger partial charge in [0.2, 0.25) is 5.91 Å². The van der Waals surface area contributed by atoms with E-state index in [0.29, 0.717) is 17.2 Å². The molecule has 0 aromatic heterocycles. The molecule has 0 aliphatic carbocycles. The van der Waals surface area contributed by atoms with Crippen molar-refractivity contribution in [2.75, 3.05) is 19.5 Å². The number of methoxy groups -OCH3 is 2. The maximum atomic E-state index is 12.3. The number of anilines is 1. The molecule has 4 heteroatoms. The molecule has 20 heavy (non-hydrogen) atoms. The first kappa shape index (κ1) is 16.3. The predicted octanol–water partition coefficient (Wildman–Crippen LogP) is 3.86. The summed E-state index contributed by atoms with van der Waals surface area (Å²) in [4.78, 5) is 12.3. The van der Waals surface area contributed by atoms with Crippen LogP contribution >= 0.6 is 0 Å². The molecule has 0 unspecified atom stereocenters. The summed E-state index contributed by atoms with van der Waals surface area (Å²) in [5.74, 6) is 1.44. The second kappa shape index (κ2) is 8.46. The third-order valence-electron chi connectivity index (χ3n) is 3.44. The number of benzene rings is 1.